The monoisotopic (exact) mass is 1250 g/mol. The molecule has 3 aromatic heterocycles. The summed E-state index contributed by atoms with van der Waals surface area (Å²) in [5, 5.41) is 32.0. The van der Waals surface area contributed by atoms with Gasteiger partial charge in [-0.3, -0.25) is 43.2 Å². The first-order valence-corrected chi connectivity index (χ1v) is 31.1. The zero-order valence-electron chi connectivity index (χ0n) is 52.4. The van der Waals surface area contributed by atoms with E-state index in [1.54, 1.807) is 64.2 Å². The summed E-state index contributed by atoms with van der Waals surface area (Å²) in [4.78, 5) is 164. The van der Waals surface area contributed by atoms with Crippen LogP contribution in [0.1, 0.15) is 128 Å². The number of carbonyl (C=O) groups is 10. The molecule has 9 amide bonds. The Bertz CT molecular complexity index is 2910. The Morgan fingerprint density at radius 1 is 0.567 bits per heavy atom. The highest BCUT2D eigenvalue weighted by Crippen LogP contribution is 2.21. The van der Waals surface area contributed by atoms with E-state index in [9.17, 15) is 53.1 Å². The van der Waals surface area contributed by atoms with Crippen LogP contribution in [0, 0.1) is 17.8 Å². The third-order valence-corrected chi connectivity index (χ3v) is 15.8. The van der Waals surface area contributed by atoms with Gasteiger partial charge in [0, 0.05) is 50.8 Å². The fraction of sp³-hybridized carbons (Fsp3) is 0.590. The van der Waals surface area contributed by atoms with Gasteiger partial charge in [0.1, 0.15) is 54.4 Å². The maximum Gasteiger partial charge on any atom is 0.326 e. The fourth-order valence-corrected chi connectivity index (χ4v) is 10.5. The van der Waals surface area contributed by atoms with E-state index in [0.717, 1.165) is 0 Å². The summed E-state index contributed by atoms with van der Waals surface area (Å²) in [6, 6.07) is -3.41. The molecule has 11 atom stereocenters. The molecule has 1 aliphatic rings. The number of likely N-dealkylation sites (tertiary alicyclic amines) is 1. The number of aliphatic carboxylic acids is 1. The van der Waals surface area contributed by atoms with Gasteiger partial charge >= 0.3 is 5.97 Å². The van der Waals surface area contributed by atoms with Gasteiger partial charge in [-0.1, -0.05) is 84.7 Å². The molecule has 29 heteroatoms. The zero-order valence-corrected chi connectivity index (χ0v) is 52.4. The summed E-state index contributed by atoms with van der Waals surface area (Å²) < 4.78 is 0. The molecule has 0 saturated carbocycles. The van der Waals surface area contributed by atoms with E-state index in [4.69, 9.17) is 17.2 Å². The van der Waals surface area contributed by atoms with Crippen molar-refractivity contribution in [2.24, 2.45) is 35.0 Å². The number of imidazole rings is 3. The molecule has 1 aromatic carbocycles. The number of nitrogens with one attached hydrogen (secondary N) is 11. The Morgan fingerprint density at radius 2 is 1.03 bits per heavy atom. The van der Waals surface area contributed by atoms with Crippen LogP contribution >= 0.6 is 0 Å². The maximum absolute atomic E-state index is 14.8. The van der Waals surface area contributed by atoms with Crippen LogP contribution in [0.4, 0.5) is 0 Å². The Hall–Kier alpha value is -8.57. The molecule has 90 heavy (non-hydrogen) atoms. The quantitative estimate of drug-likeness (QED) is 0.0248. The van der Waals surface area contributed by atoms with Crippen LogP contribution in [0.3, 0.4) is 0 Å². The fourth-order valence-electron chi connectivity index (χ4n) is 10.5. The van der Waals surface area contributed by atoms with Gasteiger partial charge in [-0.2, -0.15) is 0 Å². The molecule has 0 aliphatic carbocycles. The van der Waals surface area contributed by atoms with Crippen molar-refractivity contribution in [3.8, 4) is 0 Å². The van der Waals surface area contributed by atoms with Crippen molar-refractivity contribution in [2.75, 3.05) is 19.6 Å². The van der Waals surface area contributed by atoms with Gasteiger partial charge in [0.15, 0.2) is 0 Å². The standard InChI is InChI=1S/C61H94N18O11/c1-7-37(6)51(59(87)75-47(27-40-30-66-33-69-40)54(82)71-43(61(89)90)19-12-14-22-63)78-58(86)50(36(4)5)77-56(84)44(24-35(2)3)72-55(83)46(26-39-29-65-32-68-39)73-53(81)45(25-38-16-9-8-10-17-38)74-57(85)49-20-15-23-79(49)60(88)48(28-41-31-67-34-70-41)76-52(80)42(64)18-11-13-21-62/h8-10,16-17,29-37,42-51H,7,11-15,18-28,62-64H2,1-6H3,(H,65,68)(H,66,69)(H,67,70)(H,71,82)(H,72,83)(H,73,81)(H,74,85)(H,75,87)(H,76,80)(H,77,84)(H,78,86)(H,89,90)/t37-,42-,43+,44-,45-,46-,47-,48-,49-,50-,51-/m0/s1. The van der Waals surface area contributed by atoms with Crippen molar-refractivity contribution < 1.29 is 53.1 Å². The van der Waals surface area contributed by atoms with Gasteiger partial charge in [-0.15, -0.1) is 0 Å². The third kappa shape index (κ3) is 22.8. The number of hydrogen-bond acceptors (Lipinski definition) is 16. The topological polar surface area (TPSA) is 455 Å². The summed E-state index contributed by atoms with van der Waals surface area (Å²) in [5.74, 6) is -8.94. The predicted molar refractivity (Wildman–Crippen MR) is 332 cm³/mol. The summed E-state index contributed by atoms with van der Waals surface area (Å²) >= 11 is 0. The van der Waals surface area contributed by atoms with Crippen LogP contribution in [0.2, 0.25) is 0 Å². The highest BCUT2D eigenvalue weighted by atomic mass is 16.4. The number of benzene rings is 1. The molecule has 4 heterocycles. The number of H-pyrrole nitrogens is 3. The normalized spacial score (nSPS) is 16.4. The first-order valence-electron chi connectivity index (χ1n) is 31.1. The highest BCUT2D eigenvalue weighted by molar-refractivity contribution is 5.99. The van der Waals surface area contributed by atoms with Crippen molar-refractivity contribution in [2.45, 2.75) is 192 Å². The molecule has 29 nitrogen and oxygen atoms in total. The van der Waals surface area contributed by atoms with Gasteiger partial charge in [0.2, 0.25) is 53.2 Å². The first kappa shape index (κ1) is 72.2. The van der Waals surface area contributed by atoms with Crippen LogP contribution < -0.4 is 59.7 Å². The molecule has 0 spiro atoms. The largest absolute Gasteiger partial charge is 0.480 e. The van der Waals surface area contributed by atoms with Crippen molar-refractivity contribution >= 4 is 59.1 Å². The third-order valence-electron chi connectivity index (χ3n) is 15.8. The van der Waals surface area contributed by atoms with Crippen LogP contribution in [0.5, 0.6) is 0 Å². The number of unbranched alkanes of at least 4 members (excludes halogenated alkanes) is 2. The van der Waals surface area contributed by atoms with E-state index in [2.05, 4.69) is 72.4 Å². The molecule has 5 rings (SSSR count). The second-order valence-corrected chi connectivity index (χ2v) is 23.8. The van der Waals surface area contributed by atoms with Crippen LogP contribution in [0.25, 0.3) is 0 Å². The van der Waals surface area contributed by atoms with Gasteiger partial charge in [-0.25, -0.2) is 19.7 Å². The first-order chi connectivity index (χ1) is 43.0. The van der Waals surface area contributed by atoms with E-state index in [1.807, 2.05) is 13.8 Å². The molecular weight excluding hydrogens is 1160 g/mol. The molecular formula is C61H94N18O11. The van der Waals surface area contributed by atoms with E-state index in [-0.39, 0.29) is 57.4 Å². The number of carboxylic acid groups (broad SMARTS) is 1. The van der Waals surface area contributed by atoms with E-state index >= 15 is 0 Å². The average molecular weight is 1260 g/mol. The lowest BCUT2D eigenvalue weighted by molar-refractivity contribution is -0.142. The summed E-state index contributed by atoms with van der Waals surface area (Å²) in [7, 11) is 0. The number of rotatable bonds is 39. The maximum atomic E-state index is 14.8. The predicted octanol–water partition coefficient (Wildman–Crippen LogP) is -0.586. The smallest absolute Gasteiger partial charge is 0.326 e. The van der Waals surface area contributed by atoms with Gasteiger partial charge in [0.05, 0.1) is 42.1 Å². The van der Waals surface area contributed by atoms with Crippen LogP contribution in [-0.4, -0.2) is 179 Å². The number of nitrogens with zero attached hydrogens (tertiary/aromatic N) is 4. The number of nitrogens with two attached hydrogens (primary N) is 3. The number of aromatic nitrogens is 6. The lowest BCUT2D eigenvalue weighted by atomic mass is 9.95. The number of hydrogen-bond donors (Lipinski definition) is 15. The molecule has 1 saturated heterocycles. The molecule has 0 bridgehead atoms. The van der Waals surface area contributed by atoms with Gasteiger partial charge in [0.25, 0.3) is 0 Å². The number of amides is 9. The molecule has 4 aromatic rings. The van der Waals surface area contributed by atoms with Gasteiger partial charge in [-0.05, 0) is 87.8 Å². The summed E-state index contributed by atoms with van der Waals surface area (Å²) in [6.45, 7) is 11.5. The Balaban J connectivity index is 1.35. The molecule has 0 unspecified atom stereocenters. The van der Waals surface area contributed by atoms with E-state index < -0.39 is 131 Å². The minimum absolute atomic E-state index is 0.00407. The molecule has 494 valence electrons. The summed E-state index contributed by atoms with van der Waals surface area (Å²) in [5.41, 5.74) is 19.4. The zero-order chi connectivity index (χ0) is 65.9. The highest BCUT2D eigenvalue weighted by Gasteiger charge is 2.41. The van der Waals surface area contributed by atoms with E-state index in [0.29, 0.717) is 80.7 Å². The lowest BCUT2D eigenvalue weighted by Crippen LogP contribution is -2.62. The second kappa shape index (κ2) is 36.8. The van der Waals surface area contributed by atoms with Crippen LogP contribution in [-0.2, 0) is 73.6 Å². The molecule has 0 radical (unpaired) electrons. The minimum atomic E-state index is -1.40. The van der Waals surface area contributed by atoms with Crippen LogP contribution in [0.15, 0.2) is 67.9 Å². The minimum Gasteiger partial charge on any atom is -0.480 e. The lowest BCUT2D eigenvalue weighted by Gasteiger charge is -2.31. The molecule has 1 aliphatic heterocycles. The second-order valence-electron chi connectivity index (χ2n) is 23.8. The van der Waals surface area contributed by atoms with Crippen molar-refractivity contribution in [3.05, 3.63) is 90.5 Å². The van der Waals surface area contributed by atoms with Crippen molar-refractivity contribution in [1.29, 1.82) is 0 Å². The summed E-state index contributed by atoms with van der Waals surface area (Å²) in [6.07, 6.45) is 12.3. The van der Waals surface area contributed by atoms with E-state index in [1.165, 1.54) is 36.3 Å². The number of aromatic amines is 3. The Labute approximate surface area is 524 Å². The Kier molecular flexibility index (Phi) is 29.5. The molecule has 1 fully saturated rings. The van der Waals surface area contributed by atoms with Crippen molar-refractivity contribution in [3.63, 3.8) is 0 Å². The SMILES string of the molecule is CC[C@H](C)[C@H](NC(=O)[C@@H](NC(=O)[C@H](CC(C)C)NC(=O)[C@H](Cc1c[nH]cn1)NC(=O)[C@H](Cc1ccccc1)NC(=O)[C@@H]1CCCN1C(=O)[C@H](Cc1c[nH]cn1)NC(=O)[C@@H](N)CCCCN)C(C)C)C(=O)N[C@@H](Cc1c[nH]cn1)C(=O)N[C@H](CCCCN)C(=O)O. The average Bonchev–Trinajstić information content (AvgIpc) is 3.50. The number of carbonyl (C=O) groups excluding carboxylic acids is 9. The van der Waals surface area contributed by atoms with Crippen molar-refractivity contribution in [1.82, 2.24) is 77.3 Å². The molecule has 18 N–H and O–H groups in total. The number of carboxylic acids is 1. The van der Waals surface area contributed by atoms with Gasteiger partial charge < -0.3 is 84.7 Å². The Morgan fingerprint density at radius 3 is 1.53 bits per heavy atom.